The van der Waals surface area contributed by atoms with Crippen LogP contribution in [0.3, 0.4) is 0 Å². The predicted octanol–water partition coefficient (Wildman–Crippen LogP) is 4.32. The molecule has 2 rings (SSSR count). The predicted molar refractivity (Wildman–Crippen MR) is 103 cm³/mol. The number of nitrogens with one attached hydrogen (secondary N) is 1. The molecule has 26 heavy (non-hydrogen) atoms. The Hall–Kier alpha value is -1.83. The van der Waals surface area contributed by atoms with Crippen LogP contribution < -0.4 is 9.62 Å². The number of anilines is 2. The van der Waals surface area contributed by atoms with E-state index in [1.165, 1.54) is 12.1 Å². The molecule has 0 spiro atoms. The van der Waals surface area contributed by atoms with Crippen molar-refractivity contribution < 1.29 is 17.6 Å². The third kappa shape index (κ3) is 4.87. The van der Waals surface area contributed by atoms with Crippen LogP contribution >= 0.6 is 23.2 Å². The van der Waals surface area contributed by atoms with Gasteiger partial charge in [-0.05, 0) is 48.9 Å². The Morgan fingerprint density at radius 3 is 2.31 bits per heavy atom. The number of sulfonamides is 1. The molecule has 0 aliphatic heterocycles. The summed E-state index contributed by atoms with van der Waals surface area (Å²) in [5.41, 5.74) is 0.584. The number of halogens is 3. The lowest BCUT2D eigenvalue weighted by molar-refractivity contribution is -0.117. The van der Waals surface area contributed by atoms with E-state index >= 15 is 0 Å². The minimum atomic E-state index is -3.83. The van der Waals surface area contributed by atoms with E-state index in [4.69, 9.17) is 23.2 Å². The summed E-state index contributed by atoms with van der Waals surface area (Å²) in [6.07, 6.45) is 1.17. The molecule has 0 bridgehead atoms. The van der Waals surface area contributed by atoms with E-state index in [0.29, 0.717) is 10.7 Å². The molecule has 0 heterocycles. The van der Waals surface area contributed by atoms with E-state index in [2.05, 4.69) is 5.32 Å². The molecule has 2 aromatic rings. The summed E-state index contributed by atoms with van der Waals surface area (Å²) in [4.78, 5) is 12.7. The van der Waals surface area contributed by atoms with Gasteiger partial charge in [-0.3, -0.25) is 9.10 Å². The molecule has 5 nitrogen and oxygen atoms in total. The highest BCUT2D eigenvalue weighted by molar-refractivity contribution is 7.92. The van der Waals surface area contributed by atoms with Crippen molar-refractivity contribution in [1.29, 1.82) is 0 Å². The van der Waals surface area contributed by atoms with Crippen LogP contribution in [0.1, 0.15) is 13.3 Å². The minimum absolute atomic E-state index is 0.108. The van der Waals surface area contributed by atoms with Crippen molar-refractivity contribution in [3.8, 4) is 0 Å². The number of hydrogen-bond donors (Lipinski definition) is 1. The zero-order valence-corrected chi connectivity index (χ0v) is 16.4. The second kappa shape index (κ2) is 8.24. The van der Waals surface area contributed by atoms with Gasteiger partial charge in [0.1, 0.15) is 11.9 Å². The summed E-state index contributed by atoms with van der Waals surface area (Å²) in [5, 5.41) is 2.93. The number of rotatable bonds is 6. The first-order valence-electron chi connectivity index (χ1n) is 7.64. The molecule has 9 heteroatoms. The van der Waals surface area contributed by atoms with Crippen molar-refractivity contribution in [2.24, 2.45) is 0 Å². The third-order valence-electron chi connectivity index (χ3n) is 3.60. The zero-order valence-electron chi connectivity index (χ0n) is 14.0. The lowest BCUT2D eigenvalue weighted by Crippen LogP contribution is -2.47. The van der Waals surface area contributed by atoms with E-state index < -0.39 is 27.8 Å². The molecule has 0 radical (unpaired) electrons. The molecular formula is C17H17Cl2FN2O3S. The average Bonchev–Trinajstić information content (AvgIpc) is 2.56. The quantitative estimate of drug-likeness (QED) is 0.759. The maximum absolute atomic E-state index is 13.4. The van der Waals surface area contributed by atoms with E-state index in [1.807, 2.05) is 0 Å². The summed E-state index contributed by atoms with van der Waals surface area (Å²) >= 11 is 11.6. The van der Waals surface area contributed by atoms with Crippen LogP contribution in [0.5, 0.6) is 0 Å². The molecule has 140 valence electrons. The van der Waals surface area contributed by atoms with Crippen molar-refractivity contribution in [3.05, 3.63) is 58.3 Å². The second-order valence-electron chi connectivity index (χ2n) is 5.58. The van der Waals surface area contributed by atoms with E-state index in [0.717, 1.165) is 16.6 Å². The maximum atomic E-state index is 13.4. The maximum Gasteiger partial charge on any atom is 0.248 e. The highest BCUT2D eigenvalue weighted by Gasteiger charge is 2.32. The molecule has 0 aromatic heterocycles. The van der Waals surface area contributed by atoms with Gasteiger partial charge in [0, 0.05) is 10.7 Å². The lowest BCUT2D eigenvalue weighted by atomic mass is 10.1. The largest absolute Gasteiger partial charge is 0.324 e. The smallest absolute Gasteiger partial charge is 0.248 e. The van der Waals surface area contributed by atoms with E-state index in [9.17, 15) is 17.6 Å². The fourth-order valence-electron chi connectivity index (χ4n) is 2.44. The van der Waals surface area contributed by atoms with Crippen molar-refractivity contribution in [2.45, 2.75) is 19.4 Å². The van der Waals surface area contributed by atoms with Crippen LogP contribution in [0, 0.1) is 5.82 Å². The lowest BCUT2D eigenvalue weighted by Gasteiger charge is -2.30. The number of benzene rings is 2. The molecule has 1 N–H and O–H groups in total. The molecule has 0 aliphatic rings. The van der Waals surface area contributed by atoms with Crippen molar-refractivity contribution in [3.63, 3.8) is 0 Å². The van der Waals surface area contributed by atoms with Gasteiger partial charge < -0.3 is 5.32 Å². The summed E-state index contributed by atoms with van der Waals surface area (Å²) in [7, 11) is -3.83. The van der Waals surface area contributed by atoms with Crippen LogP contribution in [0.2, 0.25) is 10.0 Å². The van der Waals surface area contributed by atoms with Crippen molar-refractivity contribution in [2.75, 3.05) is 15.9 Å². The number of amides is 1. The number of carbonyl (C=O) groups is 1. The molecule has 0 fully saturated rings. The van der Waals surface area contributed by atoms with Gasteiger partial charge in [-0.15, -0.1) is 0 Å². The zero-order chi connectivity index (χ0) is 19.5. The highest BCUT2D eigenvalue weighted by atomic mass is 35.5. The molecule has 0 saturated heterocycles. The van der Waals surface area contributed by atoms with Gasteiger partial charge in [-0.2, -0.15) is 0 Å². The van der Waals surface area contributed by atoms with Crippen LogP contribution in [0.4, 0.5) is 15.8 Å². The van der Waals surface area contributed by atoms with Crippen LogP contribution in [0.25, 0.3) is 0 Å². The minimum Gasteiger partial charge on any atom is -0.324 e. The van der Waals surface area contributed by atoms with Gasteiger partial charge in [0.05, 0.1) is 17.0 Å². The van der Waals surface area contributed by atoms with Gasteiger partial charge in [0.25, 0.3) is 0 Å². The van der Waals surface area contributed by atoms with Crippen molar-refractivity contribution >= 4 is 50.5 Å². The van der Waals surface area contributed by atoms with Crippen LogP contribution in [-0.4, -0.2) is 26.6 Å². The summed E-state index contributed by atoms with van der Waals surface area (Å²) < 4.78 is 39.0. The number of carbonyl (C=O) groups excluding carboxylic acids is 1. The molecule has 1 amide bonds. The summed E-state index contributed by atoms with van der Waals surface area (Å²) in [6, 6.07) is 8.87. The Labute approximate surface area is 161 Å². The van der Waals surface area contributed by atoms with Crippen molar-refractivity contribution in [1.82, 2.24) is 0 Å². The molecular weight excluding hydrogens is 402 g/mol. The van der Waals surface area contributed by atoms with Gasteiger partial charge in [-0.1, -0.05) is 30.1 Å². The Bertz CT molecular complexity index is 905. The Morgan fingerprint density at radius 2 is 1.81 bits per heavy atom. The standard InChI is InChI=1S/C17H17Cl2FN2O3S/c1-3-16(17(23)21-12-6-4-11(18)5-7-12)22(26(2,24)25)13-8-9-15(20)14(19)10-13/h4-10,16H,3H2,1-2H3,(H,21,23). The Kier molecular flexibility index (Phi) is 6.49. The molecule has 0 aliphatic carbocycles. The third-order valence-corrected chi connectivity index (χ3v) is 5.32. The van der Waals surface area contributed by atoms with Gasteiger partial charge in [0.2, 0.25) is 15.9 Å². The topological polar surface area (TPSA) is 66.5 Å². The van der Waals surface area contributed by atoms with E-state index in [1.54, 1.807) is 31.2 Å². The normalized spacial score (nSPS) is 12.5. The second-order valence-corrected chi connectivity index (χ2v) is 8.28. The summed E-state index contributed by atoms with van der Waals surface area (Å²) in [5.74, 6) is -1.21. The monoisotopic (exact) mass is 418 g/mol. The number of nitrogens with zero attached hydrogens (tertiary/aromatic N) is 1. The average molecular weight is 419 g/mol. The van der Waals surface area contributed by atoms with Gasteiger partial charge >= 0.3 is 0 Å². The van der Waals surface area contributed by atoms with E-state index in [-0.39, 0.29) is 17.1 Å². The van der Waals surface area contributed by atoms with Crippen LogP contribution in [0.15, 0.2) is 42.5 Å². The molecule has 0 saturated carbocycles. The molecule has 1 atom stereocenters. The first-order valence-corrected chi connectivity index (χ1v) is 10.2. The first kappa shape index (κ1) is 20.5. The Morgan fingerprint density at radius 1 is 1.19 bits per heavy atom. The Balaban J connectivity index is 2.39. The molecule has 1 unspecified atom stereocenters. The summed E-state index contributed by atoms with van der Waals surface area (Å²) in [6.45, 7) is 1.68. The SMILES string of the molecule is CCC(C(=O)Nc1ccc(Cl)cc1)N(c1ccc(F)c(Cl)c1)S(C)(=O)=O. The van der Waals surface area contributed by atoms with Gasteiger partial charge in [-0.25, -0.2) is 12.8 Å². The molecule has 2 aromatic carbocycles. The fourth-order valence-corrected chi connectivity index (χ4v) is 3.95. The highest BCUT2D eigenvalue weighted by Crippen LogP contribution is 2.27. The number of hydrogen-bond acceptors (Lipinski definition) is 3. The van der Waals surface area contributed by atoms with Crippen LogP contribution in [-0.2, 0) is 14.8 Å². The first-order chi connectivity index (χ1) is 12.1. The fraction of sp³-hybridized carbons (Fsp3) is 0.235. The van der Waals surface area contributed by atoms with Gasteiger partial charge in [0.15, 0.2) is 0 Å².